The van der Waals surface area contributed by atoms with Gasteiger partial charge in [-0.3, -0.25) is 4.79 Å². The van der Waals surface area contributed by atoms with Gasteiger partial charge in [0.15, 0.2) is 0 Å². The number of carbonyl (C=O) groups is 1. The number of rotatable bonds is 7. The van der Waals surface area contributed by atoms with Crippen molar-refractivity contribution in [3.8, 4) is 0 Å². The maximum absolute atomic E-state index is 13.0. The van der Waals surface area contributed by atoms with Crippen LogP contribution in [0.1, 0.15) is 51.3 Å². The van der Waals surface area contributed by atoms with Crippen molar-refractivity contribution in [2.24, 2.45) is 17.8 Å². The number of thiophene rings is 1. The molecular formula is C19H31NO3S. The summed E-state index contributed by atoms with van der Waals surface area (Å²) in [7, 11) is 0. The first kappa shape index (κ1) is 19.4. The molecule has 1 aliphatic rings. The Kier molecular flexibility index (Phi) is 6.84. The summed E-state index contributed by atoms with van der Waals surface area (Å²) in [6.07, 6.45) is 3.67. The van der Waals surface area contributed by atoms with Gasteiger partial charge in [-0.05, 0) is 48.5 Å². The normalized spacial score (nSPS) is 28.8. The Morgan fingerprint density at radius 1 is 1.46 bits per heavy atom. The third-order valence-electron chi connectivity index (χ3n) is 5.28. The summed E-state index contributed by atoms with van der Waals surface area (Å²) in [5.74, 6) is 0.346. The second-order valence-electron chi connectivity index (χ2n) is 7.63. The van der Waals surface area contributed by atoms with E-state index in [1.165, 1.54) is 4.88 Å². The van der Waals surface area contributed by atoms with Crippen LogP contribution < -0.4 is 5.32 Å². The van der Waals surface area contributed by atoms with Gasteiger partial charge in [0.25, 0.3) is 5.91 Å². The van der Waals surface area contributed by atoms with Gasteiger partial charge in [0.2, 0.25) is 0 Å². The predicted octanol–water partition coefficient (Wildman–Crippen LogP) is 2.98. The molecule has 24 heavy (non-hydrogen) atoms. The highest BCUT2D eigenvalue weighted by Crippen LogP contribution is 2.41. The molecule has 1 amide bonds. The molecule has 5 heteroatoms. The molecule has 1 fully saturated rings. The number of aliphatic hydroxyl groups is 2. The lowest BCUT2D eigenvalue weighted by Crippen LogP contribution is -2.58. The van der Waals surface area contributed by atoms with E-state index in [9.17, 15) is 15.0 Å². The van der Waals surface area contributed by atoms with E-state index < -0.39 is 5.60 Å². The molecule has 2 rings (SSSR count). The van der Waals surface area contributed by atoms with Crippen molar-refractivity contribution in [2.75, 3.05) is 6.61 Å². The first-order valence-electron chi connectivity index (χ1n) is 9.03. The number of amides is 1. The van der Waals surface area contributed by atoms with E-state index in [1.807, 2.05) is 17.5 Å². The fourth-order valence-electron chi connectivity index (χ4n) is 4.00. The zero-order valence-electron chi connectivity index (χ0n) is 15.0. The summed E-state index contributed by atoms with van der Waals surface area (Å²) in [6, 6.07) is 3.88. The van der Waals surface area contributed by atoms with Gasteiger partial charge in [0.05, 0.1) is 0 Å². The summed E-state index contributed by atoms with van der Waals surface area (Å²) in [5, 5.41) is 25.6. The summed E-state index contributed by atoms with van der Waals surface area (Å²) >= 11 is 1.65. The monoisotopic (exact) mass is 353 g/mol. The molecule has 3 N–H and O–H groups in total. The summed E-state index contributed by atoms with van der Waals surface area (Å²) in [6.45, 7) is 6.29. The second-order valence-corrected chi connectivity index (χ2v) is 8.66. The smallest absolute Gasteiger partial charge is 0.252 e. The molecule has 0 saturated heterocycles. The van der Waals surface area contributed by atoms with Crippen LogP contribution in [0.3, 0.4) is 0 Å². The van der Waals surface area contributed by atoms with Crippen LogP contribution >= 0.6 is 11.3 Å². The molecule has 0 aromatic carbocycles. The lowest BCUT2D eigenvalue weighted by Gasteiger charge is -2.43. The van der Waals surface area contributed by atoms with Crippen molar-refractivity contribution >= 4 is 17.2 Å². The van der Waals surface area contributed by atoms with Crippen molar-refractivity contribution in [3.63, 3.8) is 0 Å². The van der Waals surface area contributed by atoms with Gasteiger partial charge < -0.3 is 15.5 Å². The van der Waals surface area contributed by atoms with Crippen molar-refractivity contribution in [1.29, 1.82) is 0 Å². The summed E-state index contributed by atoms with van der Waals surface area (Å²) in [5.41, 5.74) is -1.30. The Morgan fingerprint density at radius 2 is 2.21 bits per heavy atom. The standard InChI is InChI=1S/C19H31NO3S/c1-13(2)17-7-6-14(3)12-19(17,23)18(22)20-15(8-9-21)11-16-5-4-10-24-16/h4-5,10,13-15,17,21,23H,6-9,11-12H2,1-3H3,(H,20,22)/t14-,15?,17+,19+/m1/s1. The van der Waals surface area contributed by atoms with E-state index in [4.69, 9.17) is 0 Å². The Bertz CT molecular complexity index is 517. The van der Waals surface area contributed by atoms with E-state index >= 15 is 0 Å². The Balaban J connectivity index is 2.10. The average Bonchev–Trinajstić information content (AvgIpc) is 2.99. The quantitative estimate of drug-likeness (QED) is 0.706. The van der Waals surface area contributed by atoms with Crippen molar-refractivity contribution in [3.05, 3.63) is 22.4 Å². The molecule has 1 unspecified atom stereocenters. The highest BCUT2D eigenvalue weighted by molar-refractivity contribution is 7.09. The van der Waals surface area contributed by atoms with Crippen LogP contribution in [0.5, 0.6) is 0 Å². The maximum Gasteiger partial charge on any atom is 0.252 e. The minimum Gasteiger partial charge on any atom is -0.396 e. The molecule has 4 nitrogen and oxygen atoms in total. The zero-order chi connectivity index (χ0) is 17.7. The Labute approximate surface area is 149 Å². The number of hydrogen-bond acceptors (Lipinski definition) is 4. The molecule has 1 aromatic rings. The second kappa shape index (κ2) is 8.45. The number of aliphatic hydroxyl groups excluding tert-OH is 1. The minimum absolute atomic E-state index is 0.00906. The average molecular weight is 354 g/mol. The molecule has 0 radical (unpaired) electrons. The molecule has 0 spiro atoms. The van der Waals surface area contributed by atoms with E-state index in [-0.39, 0.29) is 30.4 Å². The highest BCUT2D eigenvalue weighted by Gasteiger charge is 2.48. The van der Waals surface area contributed by atoms with Gasteiger partial charge in [-0.2, -0.15) is 0 Å². The fourth-order valence-corrected chi connectivity index (χ4v) is 4.78. The van der Waals surface area contributed by atoms with Gasteiger partial charge in [-0.15, -0.1) is 11.3 Å². The first-order chi connectivity index (χ1) is 11.4. The Morgan fingerprint density at radius 3 is 2.79 bits per heavy atom. The highest BCUT2D eigenvalue weighted by atomic mass is 32.1. The molecule has 1 aromatic heterocycles. The molecule has 0 aliphatic heterocycles. The van der Waals surface area contributed by atoms with Gasteiger partial charge in [-0.1, -0.05) is 33.3 Å². The van der Waals surface area contributed by atoms with Gasteiger partial charge in [0.1, 0.15) is 5.60 Å². The minimum atomic E-state index is -1.30. The largest absolute Gasteiger partial charge is 0.396 e. The third kappa shape index (κ3) is 4.58. The number of hydrogen-bond donors (Lipinski definition) is 3. The van der Waals surface area contributed by atoms with Crippen LogP contribution in [0, 0.1) is 17.8 Å². The van der Waals surface area contributed by atoms with Crippen LogP contribution in [0.15, 0.2) is 17.5 Å². The van der Waals surface area contributed by atoms with E-state index in [0.717, 1.165) is 12.8 Å². The lowest BCUT2D eigenvalue weighted by molar-refractivity contribution is -0.156. The van der Waals surface area contributed by atoms with Crippen LogP contribution in [0.2, 0.25) is 0 Å². The van der Waals surface area contributed by atoms with Gasteiger partial charge >= 0.3 is 0 Å². The molecule has 1 heterocycles. The predicted molar refractivity (Wildman–Crippen MR) is 97.9 cm³/mol. The van der Waals surface area contributed by atoms with E-state index in [0.29, 0.717) is 25.2 Å². The zero-order valence-corrected chi connectivity index (χ0v) is 15.8. The van der Waals surface area contributed by atoms with Gasteiger partial charge in [0, 0.05) is 23.9 Å². The maximum atomic E-state index is 13.0. The first-order valence-corrected chi connectivity index (χ1v) is 9.91. The third-order valence-corrected chi connectivity index (χ3v) is 6.18. The van der Waals surface area contributed by atoms with Crippen molar-refractivity contribution in [2.45, 2.75) is 64.5 Å². The van der Waals surface area contributed by atoms with Crippen molar-refractivity contribution < 1.29 is 15.0 Å². The molecule has 1 aliphatic carbocycles. The van der Waals surface area contributed by atoms with Crippen LogP contribution in [-0.4, -0.2) is 34.4 Å². The van der Waals surface area contributed by atoms with Crippen molar-refractivity contribution in [1.82, 2.24) is 5.32 Å². The fraction of sp³-hybridized carbons (Fsp3) is 0.737. The number of nitrogens with one attached hydrogen (secondary N) is 1. The Hall–Kier alpha value is -0.910. The molecule has 1 saturated carbocycles. The molecule has 0 bridgehead atoms. The van der Waals surface area contributed by atoms with Crippen LogP contribution in [-0.2, 0) is 11.2 Å². The number of carbonyl (C=O) groups excluding carboxylic acids is 1. The molecule has 136 valence electrons. The summed E-state index contributed by atoms with van der Waals surface area (Å²) < 4.78 is 0. The van der Waals surface area contributed by atoms with E-state index in [2.05, 4.69) is 26.1 Å². The SMILES string of the molecule is CC(C)[C@@H]1CC[C@@H](C)C[C@@]1(O)C(=O)NC(CCO)Cc1cccs1. The van der Waals surface area contributed by atoms with Gasteiger partial charge in [-0.25, -0.2) is 0 Å². The topological polar surface area (TPSA) is 69.6 Å². The van der Waals surface area contributed by atoms with Crippen LogP contribution in [0.25, 0.3) is 0 Å². The van der Waals surface area contributed by atoms with E-state index in [1.54, 1.807) is 11.3 Å². The molecule has 4 atom stereocenters. The molecular weight excluding hydrogens is 322 g/mol. The lowest BCUT2D eigenvalue weighted by atomic mass is 9.66. The van der Waals surface area contributed by atoms with Crippen LogP contribution in [0.4, 0.5) is 0 Å². The summed E-state index contributed by atoms with van der Waals surface area (Å²) in [4.78, 5) is 14.1.